The molecular weight excluding hydrogens is 308 g/mol. The molecule has 0 bridgehead atoms. The van der Waals surface area contributed by atoms with Crippen LogP contribution in [-0.4, -0.2) is 20.7 Å². The van der Waals surface area contributed by atoms with Gasteiger partial charge in [0.15, 0.2) is 5.69 Å². The van der Waals surface area contributed by atoms with Crippen LogP contribution in [0.25, 0.3) is 10.6 Å². The molecule has 23 heavy (non-hydrogen) atoms. The van der Waals surface area contributed by atoms with Crippen LogP contribution in [0.2, 0.25) is 0 Å². The number of nitrogens with one attached hydrogen (secondary N) is 1. The SMILES string of the molecule is CC[C@H](NC(=O)c1cc(-c2cccs2)n(C)n1)c1ccncc1. The number of aromatic nitrogens is 3. The molecule has 0 unspecified atom stereocenters. The van der Waals surface area contributed by atoms with Crippen LogP contribution in [0, 0.1) is 0 Å². The van der Waals surface area contributed by atoms with E-state index in [1.807, 2.05) is 49.7 Å². The third-order valence-corrected chi connectivity index (χ3v) is 4.60. The van der Waals surface area contributed by atoms with Crippen molar-refractivity contribution in [1.29, 1.82) is 0 Å². The first-order chi connectivity index (χ1) is 11.2. The number of carbonyl (C=O) groups excluding carboxylic acids is 1. The Morgan fingerprint density at radius 1 is 1.35 bits per heavy atom. The molecule has 1 atom stereocenters. The maximum absolute atomic E-state index is 12.5. The zero-order chi connectivity index (χ0) is 16.2. The topological polar surface area (TPSA) is 59.8 Å². The molecule has 6 heteroatoms. The Morgan fingerprint density at radius 3 is 2.78 bits per heavy atom. The van der Waals surface area contributed by atoms with Gasteiger partial charge in [0, 0.05) is 19.4 Å². The second-order valence-corrected chi connectivity index (χ2v) is 6.18. The van der Waals surface area contributed by atoms with E-state index in [0.717, 1.165) is 22.6 Å². The maximum Gasteiger partial charge on any atom is 0.272 e. The van der Waals surface area contributed by atoms with Gasteiger partial charge in [0.05, 0.1) is 16.6 Å². The Bertz CT molecular complexity index is 780. The molecule has 3 rings (SSSR count). The maximum atomic E-state index is 12.5. The summed E-state index contributed by atoms with van der Waals surface area (Å²) >= 11 is 1.63. The molecule has 3 aromatic heterocycles. The number of aryl methyl sites for hydroxylation is 1. The Hall–Kier alpha value is -2.47. The lowest BCUT2D eigenvalue weighted by Gasteiger charge is -2.16. The van der Waals surface area contributed by atoms with Crippen molar-refractivity contribution in [2.45, 2.75) is 19.4 Å². The molecule has 1 amide bonds. The lowest BCUT2D eigenvalue weighted by Crippen LogP contribution is -2.28. The average Bonchev–Trinajstić information content (AvgIpc) is 3.22. The van der Waals surface area contributed by atoms with Gasteiger partial charge < -0.3 is 5.32 Å². The molecule has 0 fully saturated rings. The summed E-state index contributed by atoms with van der Waals surface area (Å²) in [5, 5.41) is 9.40. The standard InChI is InChI=1S/C17H18N4OS/c1-3-13(12-6-8-18-9-7-12)19-17(22)14-11-15(21(2)20-14)16-5-4-10-23-16/h4-11,13H,3H2,1-2H3,(H,19,22)/t13-/m0/s1. The molecule has 0 aliphatic heterocycles. The van der Waals surface area contributed by atoms with Crippen molar-refractivity contribution in [2.75, 3.05) is 0 Å². The summed E-state index contributed by atoms with van der Waals surface area (Å²) < 4.78 is 1.74. The molecule has 3 heterocycles. The zero-order valence-corrected chi connectivity index (χ0v) is 13.9. The molecule has 118 valence electrons. The summed E-state index contributed by atoms with van der Waals surface area (Å²) in [5.41, 5.74) is 2.43. The fraction of sp³-hybridized carbons (Fsp3) is 0.235. The number of amides is 1. The van der Waals surface area contributed by atoms with Gasteiger partial charge >= 0.3 is 0 Å². The van der Waals surface area contributed by atoms with Crippen LogP contribution in [0.4, 0.5) is 0 Å². The predicted molar refractivity (Wildman–Crippen MR) is 91.3 cm³/mol. The Labute approximate surface area is 139 Å². The summed E-state index contributed by atoms with van der Waals surface area (Å²) in [6.07, 6.45) is 4.28. The third-order valence-electron chi connectivity index (χ3n) is 3.71. The minimum atomic E-state index is -0.160. The largest absolute Gasteiger partial charge is 0.344 e. The van der Waals surface area contributed by atoms with Crippen LogP contribution in [0.5, 0.6) is 0 Å². The van der Waals surface area contributed by atoms with Crippen LogP contribution in [-0.2, 0) is 7.05 Å². The first-order valence-electron chi connectivity index (χ1n) is 7.47. The van der Waals surface area contributed by atoms with Gasteiger partial charge in [-0.3, -0.25) is 14.5 Å². The third kappa shape index (κ3) is 3.32. The van der Waals surface area contributed by atoms with Crippen molar-refractivity contribution in [3.05, 3.63) is 59.4 Å². The molecular formula is C17H18N4OS. The number of thiophene rings is 1. The van der Waals surface area contributed by atoms with E-state index in [9.17, 15) is 4.79 Å². The summed E-state index contributed by atoms with van der Waals surface area (Å²) in [4.78, 5) is 17.6. The second kappa shape index (κ2) is 6.75. The number of hydrogen-bond donors (Lipinski definition) is 1. The number of rotatable bonds is 5. The minimum absolute atomic E-state index is 0.0438. The van der Waals surface area contributed by atoms with Crippen molar-refractivity contribution in [3.8, 4) is 10.6 Å². The number of pyridine rings is 1. The minimum Gasteiger partial charge on any atom is -0.344 e. The molecule has 3 aromatic rings. The summed E-state index contributed by atoms with van der Waals surface area (Å²) in [5.74, 6) is -0.160. The molecule has 0 saturated heterocycles. The highest BCUT2D eigenvalue weighted by Gasteiger charge is 2.18. The smallest absolute Gasteiger partial charge is 0.272 e. The molecule has 1 N–H and O–H groups in total. The fourth-order valence-corrected chi connectivity index (χ4v) is 3.25. The summed E-state index contributed by atoms with van der Waals surface area (Å²) in [6, 6.07) is 9.64. The molecule has 0 saturated carbocycles. The van der Waals surface area contributed by atoms with Crippen LogP contribution in [0.3, 0.4) is 0 Å². The molecule has 0 radical (unpaired) electrons. The molecule has 0 aliphatic rings. The van der Waals surface area contributed by atoms with E-state index >= 15 is 0 Å². The highest BCUT2D eigenvalue weighted by atomic mass is 32.1. The van der Waals surface area contributed by atoms with E-state index in [-0.39, 0.29) is 11.9 Å². The zero-order valence-electron chi connectivity index (χ0n) is 13.1. The van der Waals surface area contributed by atoms with E-state index in [4.69, 9.17) is 0 Å². The Balaban J connectivity index is 1.79. The van der Waals surface area contributed by atoms with Gasteiger partial charge in [0.25, 0.3) is 5.91 Å². The van der Waals surface area contributed by atoms with Crippen molar-refractivity contribution in [3.63, 3.8) is 0 Å². The number of carbonyl (C=O) groups is 1. The highest BCUT2D eigenvalue weighted by molar-refractivity contribution is 7.13. The first-order valence-corrected chi connectivity index (χ1v) is 8.35. The number of nitrogens with zero attached hydrogens (tertiary/aromatic N) is 3. The van der Waals surface area contributed by atoms with Gasteiger partial charge in [-0.2, -0.15) is 5.10 Å². The first kappa shape index (κ1) is 15.4. The van der Waals surface area contributed by atoms with Crippen LogP contribution < -0.4 is 5.32 Å². The molecule has 0 aromatic carbocycles. The quantitative estimate of drug-likeness (QED) is 0.781. The van der Waals surface area contributed by atoms with Gasteiger partial charge in [-0.05, 0) is 41.6 Å². The van der Waals surface area contributed by atoms with Crippen LogP contribution in [0.1, 0.15) is 35.4 Å². The summed E-state index contributed by atoms with van der Waals surface area (Å²) in [7, 11) is 1.85. The van der Waals surface area contributed by atoms with Crippen molar-refractivity contribution in [1.82, 2.24) is 20.1 Å². The summed E-state index contributed by atoms with van der Waals surface area (Å²) in [6.45, 7) is 2.04. The number of hydrogen-bond acceptors (Lipinski definition) is 4. The van der Waals surface area contributed by atoms with Crippen molar-refractivity contribution >= 4 is 17.2 Å². The monoisotopic (exact) mass is 326 g/mol. The fourth-order valence-electron chi connectivity index (χ4n) is 2.48. The normalized spacial score (nSPS) is 12.1. The van der Waals surface area contributed by atoms with Gasteiger partial charge in [0.2, 0.25) is 0 Å². The van der Waals surface area contributed by atoms with E-state index in [0.29, 0.717) is 5.69 Å². The lowest BCUT2D eigenvalue weighted by molar-refractivity contribution is 0.0929. The van der Waals surface area contributed by atoms with Crippen molar-refractivity contribution < 1.29 is 4.79 Å². The van der Waals surface area contributed by atoms with Gasteiger partial charge in [-0.25, -0.2) is 0 Å². The van der Waals surface area contributed by atoms with E-state index in [1.165, 1.54) is 0 Å². The Kier molecular flexibility index (Phi) is 4.52. The van der Waals surface area contributed by atoms with Crippen molar-refractivity contribution in [2.24, 2.45) is 7.05 Å². The van der Waals surface area contributed by atoms with Crippen LogP contribution in [0.15, 0.2) is 48.1 Å². The Morgan fingerprint density at radius 2 is 2.13 bits per heavy atom. The van der Waals surface area contributed by atoms with Crippen LogP contribution >= 0.6 is 11.3 Å². The van der Waals surface area contributed by atoms with Gasteiger partial charge in [0.1, 0.15) is 0 Å². The molecule has 5 nitrogen and oxygen atoms in total. The lowest BCUT2D eigenvalue weighted by atomic mass is 10.1. The molecule has 0 spiro atoms. The molecule has 0 aliphatic carbocycles. The second-order valence-electron chi connectivity index (χ2n) is 5.23. The average molecular weight is 326 g/mol. The van der Waals surface area contributed by atoms with E-state index in [2.05, 4.69) is 15.4 Å². The highest BCUT2D eigenvalue weighted by Crippen LogP contribution is 2.25. The predicted octanol–water partition coefficient (Wildman–Crippen LogP) is 3.42. The van der Waals surface area contributed by atoms with E-state index < -0.39 is 0 Å². The van der Waals surface area contributed by atoms with Gasteiger partial charge in [-0.15, -0.1) is 11.3 Å². The van der Waals surface area contributed by atoms with Gasteiger partial charge in [-0.1, -0.05) is 13.0 Å². The van der Waals surface area contributed by atoms with E-state index in [1.54, 1.807) is 28.4 Å².